The van der Waals surface area contributed by atoms with Crippen LogP contribution in [0.4, 0.5) is 5.69 Å². The van der Waals surface area contributed by atoms with Crippen LogP contribution in [0.15, 0.2) is 30.3 Å². The highest BCUT2D eigenvalue weighted by Gasteiger charge is 2.57. The van der Waals surface area contributed by atoms with Crippen molar-refractivity contribution in [2.45, 2.75) is 12.0 Å². The summed E-state index contributed by atoms with van der Waals surface area (Å²) in [5.74, 6) is -0.863. The van der Waals surface area contributed by atoms with Gasteiger partial charge in [-0.1, -0.05) is 18.2 Å². The van der Waals surface area contributed by atoms with Crippen molar-refractivity contribution in [2.75, 3.05) is 11.9 Å². The third kappa shape index (κ3) is 1.94. The Hall–Kier alpha value is -1.55. The van der Waals surface area contributed by atoms with Crippen LogP contribution in [0.1, 0.15) is 6.42 Å². The first-order valence-electron chi connectivity index (χ1n) is 4.94. The fourth-order valence-corrected chi connectivity index (χ4v) is 1.66. The molecule has 0 radical (unpaired) electrons. The molecule has 0 saturated heterocycles. The maximum atomic E-state index is 10.8. The van der Waals surface area contributed by atoms with Crippen LogP contribution in [-0.4, -0.2) is 23.2 Å². The molecule has 0 amide bonds. The molecule has 15 heavy (non-hydrogen) atoms. The standard InChI is InChI=1S/C11H14N2O2/c12-11(10(14)15)6-8(11)7-13-9-4-2-1-3-5-9/h1-5,8,13H,6-7,12H2,(H,14,15)/t8-,11-/m1/s1. The topological polar surface area (TPSA) is 75.4 Å². The lowest BCUT2D eigenvalue weighted by molar-refractivity contribution is -0.140. The summed E-state index contributed by atoms with van der Waals surface area (Å²) in [5, 5.41) is 12.0. The minimum Gasteiger partial charge on any atom is -0.480 e. The highest BCUT2D eigenvalue weighted by molar-refractivity contribution is 5.83. The minimum absolute atomic E-state index is 0.0372. The Labute approximate surface area is 88.1 Å². The zero-order chi connectivity index (χ0) is 10.9. The molecule has 1 aliphatic carbocycles. The fraction of sp³-hybridized carbons (Fsp3) is 0.364. The molecular formula is C11H14N2O2. The van der Waals surface area contributed by atoms with E-state index < -0.39 is 11.5 Å². The summed E-state index contributed by atoms with van der Waals surface area (Å²) in [6.45, 7) is 0.618. The minimum atomic E-state index is -0.998. The molecule has 1 saturated carbocycles. The van der Waals surface area contributed by atoms with E-state index in [4.69, 9.17) is 10.8 Å². The maximum absolute atomic E-state index is 10.8. The molecule has 0 aromatic heterocycles. The maximum Gasteiger partial charge on any atom is 0.324 e. The first-order valence-corrected chi connectivity index (χ1v) is 4.94. The Morgan fingerprint density at radius 3 is 2.73 bits per heavy atom. The molecule has 2 atom stereocenters. The largest absolute Gasteiger partial charge is 0.480 e. The van der Waals surface area contributed by atoms with E-state index in [1.165, 1.54) is 0 Å². The Bertz CT molecular complexity index is 366. The van der Waals surface area contributed by atoms with Gasteiger partial charge in [0.05, 0.1) is 0 Å². The van der Waals surface area contributed by atoms with E-state index >= 15 is 0 Å². The van der Waals surface area contributed by atoms with Crippen LogP contribution in [0.5, 0.6) is 0 Å². The number of para-hydroxylation sites is 1. The summed E-state index contributed by atoms with van der Waals surface area (Å²) in [5.41, 5.74) is 5.66. The van der Waals surface area contributed by atoms with Gasteiger partial charge in [0, 0.05) is 18.2 Å². The van der Waals surface area contributed by atoms with Crippen molar-refractivity contribution in [3.05, 3.63) is 30.3 Å². The Morgan fingerprint density at radius 1 is 1.53 bits per heavy atom. The SMILES string of the molecule is N[C@]1(C(=O)O)C[C@@H]1CNc1ccccc1. The number of carboxylic acid groups (broad SMARTS) is 1. The smallest absolute Gasteiger partial charge is 0.324 e. The van der Waals surface area contributed by atoms with Crippen LogP contribution in [0.25, 0.3) is 0 Å². The van der Waals surface area contributed by atoms with Gasteiger partial charge in [0.1, 0.15) is 5.54 Å². The van der Waals surface area contributed by atoms with E-state index in [0.29, 0.717) is 13.0 Å². The van der Waals surface area contributed by atoms with Crippen LogP contribution in [-0.2, 0) is 4.79 Å². The zero-order valence-corrected chi connectivity index (χ0v) is 8.31. The lowest BCUT2D eigenvalue weighted by atomic mass is 10.2. The van der Waals surface area contributed by atoms with Gasteiger partial charge in [0.25, 0.3) is 0 Å². The quantitative estimate of drug-likeness (QED) is 0.684. The molecule has 0 bridgehead atoms. The van der Waals surface area contributed by atoms with Gasteiger partial charge in [-0.2, -0.15) is 0 Å². The van der Waals surface area contributed by atoms with E-state index in [2.05, 4.69) is 5.32 Å². The summed E-state index contributed by atoms with van der Waals surface area (Å²) in [4.78, 5) is 10.8. The average molecular weight is 206 g/mol. The average Bonchev–Trinajstić information content (AvgIpc) is 2.90. The molecule has 80 valence electrons. The Kier molecular flexibility index (Phi) is 2.36. The van der Waals surface area contributed by atoms with E-state index in [1.807, 2.05) is 30.3 Å². The molecule has 0 aliphatic heterocycles. The van der Waals surface area contributed by atoms with Crippen LogP contribution in [0, 0.1) is 5.92 Å². The number of benzene rings is 1. The van der Waals surface area contributed by atoms with Gasteiger partial charge in [0.15, 0.2) is 0 Å². The predicted octanol–water partition coefficient (Wildman–Crippen LogP) is 0.900. The van der Waals surface area contributed by atoms with E-state index in [9.17, 15) is 4.79 Å². The van der Waals surface area contributed by atoms with Gasteiger partial charge in [-0.25, -0.2) is 0 Å². The number of carboxylic acids is 1. The van der Waals surface area contributed by atoms with Gasteiger partial charge in [0.2, 0.25) is 0 Å². The van der Waals surface area contributed by atoms with Crippen molar-refractivity contribution in [1.82, 2.24) is 0 Å². The fourth-order valence-electron chi connectivity index (χ4n) is 1.66. The normalized spacial score (nSPS) is 28.5. The summed E-state index contributed by atoms with van der Waals surface area (Å²) >= 11 is 0. The number of hydrogen-bond donors (Lipinski definition) is 3. The number of nitrogens with two attached hydrogens (primary N) is 1. The van der Waals surface area contributed by atoms with Gasteiger partial charge < -0.3 is 16.2 Å². The summed E-state index contributed by atoms with van der Waals surface area (Å²) in [6, 6.07) is 9.69. The molecule has 4 heteroatoms. The van der Waals surface area contributed by atoms with Crippen molar-refractivity contribution >= 4 is 11.7 Å². The Morgan fingerprint density at radius 2 is 2.20 bits per heavy atom. The number of anilines is 1. The van der Waals surface area contributed by atoms with E-state index in [0.717, 1.165) is 5.69 Å². The van der Waals surface area contributed by atoms with Gasteiger partial charge >= 0.3 is 5.97 Å². The number of aliphatic carboxylic acids is 1. The predicted molar refractivity (Wildman–Crippen MR) is 57.6 cm³/mol. The van der Waals surface area contributed by atoms with Crippen molar-refractivity contribution in [1.29, 1.82) is 0 Å². The number of rotatable bonds is 4. The number of carbonyl (C=O) groups is 1. The third-order valence-electron chi connectivity index (χ3n) is 2.88. The summed E-state index contributed by atoms with van der Waals surface area (Å²) < 4.78 is 0. The van der Waals surface area contributed by atoms with Crippen LogP contribution in [0.3, 0.4) is 0 Å². The van der Waals surface area contributed by atoms with Crippen molar-refractivity contribution in [3.8, 4) is 0 Å². The van der Waals surface area contributed by atoms with Crippen molar-refractivity contribution in [3.63, 3.8) is 0 Å². The van der Waals surface area contributed by atoms with Crippen molar-refractivity contribution < 1.29 is 9.90 Å². The molecular weight excluding hydrogens is 192 g/mol. The van der Waals surface area contributed by atoms with Crippen LogP contribution >= 0.6 is 0 Å². The molecule has 1 aromatic rings. The second-order valence-electron chi connectivity index (χ2n) is 3.99. The summed E-state index contributed by atoms with van der Waals surface area (Å²) in [7, 11) is 0. The van der Waals surface area contributed by atoms with E-state index in [1.54, 1.807) is 0 Å². The molecule has 2 rings (SSSR count). The lowest BCUT2D eigenvalue weighted by Gasteiger charge is -2.07. The lowest BCUT2D eigenvalue weighted by Crippen LogP contribution is -2.36. The van der Waals surface area contributed by atoms with Crippen LogP contribution in [0.2, 0.25) is 0 Å². The van der Waals surface area contributed by atoms with Gasteiger partial charge in [-0.3, -0.25) is 4.79 Å². The van der Waals surface area contributed by atoms with Gasteiger partial charge in [-0.15, -0.1) is 0 Å². The summed E-state index contributed by atoms with van der Waals surface area (Å²) in [6.07, 6.45) is 0.558. The van der Waals surface area contributed by atoms with E-state index in [-0.39, 0.29) is 5.92 Å². The molecule has 1 aliphatic rings. The second-order valence-corrected chi connectivity index (χ2v) is 3.99. The molecule has 1 aromatic carbocycles. The van der Waals surface area contributed by atoms with Crippen molar-refractivity contribution in [2.24, 2.45) is 11.7 Å². The molecule has 4 nitrogen and oxygen atoms in total. The second kappa shape index (κ2) is 3.55. The molecule has 4 N–H and O–H groups in total. The third-order valence-corrected chi connectivity index (χ3v) is 2.88. The highest BCUT2D eigenvalue weighted by atomic mass is 16.4. The monoisotopic (exact) mass is 206 g/mol. The van der Waals surface area contributed by atoms with Gasteiger partial charge in [-0.05, 0) is 18.6 Å². The van der Waals surface area contributed by atoms with Crippen LogP contribution < -0.4 is 11.1 Å². The number of hydrogen-bond acceptors (Lipinski definition) is 3. The molecule has 1 fully saturated rings. The Balaban J connectivity index is 1.85. The number of nitrogens with one attached hydrogen (secondary N) is 1. The molecule has 0 heterocycles. The zero-order valence-electron chi connectivity index (χ0n) is 8.31. The highest BCUT2D eigenvalue weighted by Crippen LogP contribution is 2.41. The first-order chi connectivity index (χ1) is 7.13. The molecule has 0 spiro atoms. The first kappa shape index (κ1) is 9.98. The molecule has 0 unspecified atom stereocenters.